The van der Waals surface area contributed by atoms with Crippen molar-refractivity contribution in [3.63, 3.8) is 0 Å². The predicted molar refractivity (Wildman–Crippen MR) is 97.6 cm³/mol. The predicted octanol–water partition coefficient (Wildman–Crippen LogP) is 2.98. The maximum Gasteiger partial charge on any atom is 0.289 e. The van der Waals surface area contributed by atoms with Crippen LogP contribution in [0.2, 0.25) is 0 Å². The van der Waals surface area contributed by atoms with Crippen LogP contribution in [-0.4, -0.2) is 47.8 Å². The molecule has 26 heavy (non-hydrogen) atoms. The summed E-state index contributed by atoms with van der Waals surface area (Å²) in [4.78, 5) is 29.5. The average Bonchev–Trinajstić information content (AvgIpc) is 3.34. The number of rotatable bonds is 4. The minimum absolute atomic E-state index is 0.110. The van der Waals surface area contributed by atoms with E-state index in [9.17, 15) is 9.59 Å². The van der Waals surface area contributed by atoms with Crippen LogP contribution in [0, 0.1) is 5.41 Å². The first kappa shape index (κ1) is 16.9. The van der Waals surface area contributed by atoms with Gasteiger partial charge in [-0.2, -0.15) is 0 Å². The summed E-state index contributed by atoms with van der Waals surface area (Å²) < 4.78 is 5.23. The van der Waals surface area contributed by atoms with Crippen LogP contribution in [0.5, 0.6) is 0 Å². The van der Waals surface area contributed by atoms with Gasteiger partial charge in [0.25, 0.3) is 5.91 Å². The zero-order valence-electron chi connectivity index (χ0n) is 14.9. The molecule has 0 saturated carbocycles. The molecule has 2 fully saturated rings. The molecule has 2 saturated heterocycles. The fourth-order valence-electron chi connectivity index (χ4n) is 4.25. The Bertz CT molecular complexity index is 772. The number of carbonyl (C=O) groups is 2. The highest BCUT2D eigenvalue weighted by atomic mass is 16.3. The van der Waals surface area contributed by atoms with Gasteiger partial charge in [-0.15, -0.1) is 0 Å². The molecule has 2 amide bonds. The van der Waals surface area contributed by atoms with Crippen molar-refractivity contribution in [3.8, 4) is 0 Å². The summed E-state index contributed by atoms with van der Waals surface area (Å²) in [5.74, 6) is 0.460. The average molecular weight is 352 g/mol. The summed E-state index contributed by atoms with van der Waals surface area (Å²) in [6.07, 6.45) is 5.01. The topological polar surface area (TPSA) is 53.8 Å². The van der Waals surface area contributed by atoms with Crippen LogP contribution >= 0.6 is 0 Å². The number of likely N-dealkylation sites (tertiary alicyclic amines) is 2. The summed E-state index contributed by atoms with van der Waals surface area (Å²) in [6.45, 7) is 2.70. The monoisotopic (exact) mass is 352 g/mol. The maximum atomic E-state index is 13.2. The van der Waals surface area contributed by atoms with E-state index >= 15 is 0 Å². The normalized spacial score (nSPS) is 23.0. The van der Waals surface area contributed by atoms with Gasteiger partial charge in [0.05, 0.1) is 11.7 Å². The van der Waals surface area contributed by atoms with E-state index in [-0.39, 0.29) is 11.8 Å². The lowest BCUT2D eigenvalue weighted by Gasteiger charge is -2.39. The number of hydrogen-bond donors (Lipinski definition) is 0. The van der Waals surface area contributed by atoms with Gasteiger partial charge in [0.15, 0.2) is 5.76 Å². The van der Waals surface area contributed by atoms with Crippen molar-refractivity contribution in [3.05, 3.63) is 60.1 Å². The molecule has 0 N–H and O–H groups in total. The summed E-state index contributed by atoms with van der Waals surface area (Å²) in [5.41, 5.74) is 0.845. The Kier molecular flexibility index (Phi) is 4.53. The van der Waals surface area contributed by atoms with E-state index in [2.05, 4.69) is 12.1 Å². The summed E-state index contributed by atoms with van der Waals surface area (Å²) >= 11 is 0. The van der Waals surface area contributed by atoms with Gasteiger partial charge in [0.1, 0.15) is 0 Å². The second kappa shape index (κ2) is 6.98. The second-order valence-electron chi connectivity index (χ2n) is 7.37. The van der Waals surface area contributed by atoms with Crippen molar-refractivity contribution >= 4 is 11.8 Å². The van der Waals surface area contributed by atoms with Crippen LogP contribution in [0.25, 0.3) is 0 Å². The van der Waals surface area contributed by atoms with Crippen LogP contribution < -0.4 is 0 Å². The van der Waals surface area contributed by atoms with Crippen molar-refractivity contribution in [1.82, 2.24) is 9.80 Å². The van der Waals surface area contributed by atoms with E-state index in [1.54, 1.807) is 17.0 Å². The highest BCUT2D eigenvalue weighted by Crippen LogP contribution is 2.40. The lowest BCUT2D eigenvalue weighted by atomic mass is 9.78. The van der Waals surface area contributed by atoms with E-state index in [0.717, 1.165) is 38.8 Å². The lowest BCUT2D eigenvalue weighted by Crippen LogP contribution is -2.50. The minimum Gasteiger partial charge on any atom is -0.459 e. The third kappa shape index (κ3) is 3.14. The zero-order valence-corrected chi connectivity index (χ0v) is 14.9. The summed E-state index contributed by atoms with van der Waals surface area (Å²) in [7, 11) is 0. The van der Waals surface area contributed by atoms with Gasteiger partial charge in [0, 0.05) is 26.2 Å². The number of piperidine rings is 1. The first-order valence-electron chi connectivity index (χ1n) is 9.34. The van der Waals surface area contributed by atoms with Crippen LogP contribution in [0.15, 0.2) is 53.1 Å². The molecule has 2 aromatic rings. The molecule has 136 valence electrons. The van der Waals surface area contributed by atoms with Crippen molar-refractivity contribution in [2.75, 3.05) is 26.2 Å². The molecule has 5 heteroatoms. The third-order valence-electron chi connectivity index (χ3n) is 5.71. The molecule has 0 radical (unpaired) electrons. The molecule has 1 spiro atoms. The molecule has 1 atom stereocenters. The first-order chi connectivity index (χ1) is 12.7. The highest BCUT2D eigenvalue weighted by molar-refractivity contribution is 5.93. The van der Waals surface area contributed by atoms with E-state index < -0.39 is 5.41 Å². The molecule has 4 rings (SSSR count). The fraction of sp³-hybridized carbons (Fsp3) is 0.429. The van der Waals surface area contributed by atoms with Crippen molar-refractivity contribution in [2.45, 2.75) is 25.7 Å². The van der Waals surface area contributed by atoms with Crippen LogP contribution in [0.3, 0.4) is 0 Å². The van der Waals surface area contributed by atoms with Gasteiger partial charge in [0.2, 0.25) is 5.91 Å². The molecule has 2 aliphatic heterocycles. The quantitative estimate of drug-likeness (QED) is 0.850. The molecule has 0 bridgehead atoms. The van der Waals surface area contributed by atoms with Gasteiger partial charge in [-0.05, 0) is 43.4 Å². The van der Waals surface area contributed by atoms with E-state index in [4.69, 9.17) is 4.42 Å². The zero-order chi connectivity index (χ0) is 18.0. The number of amides is 2. The van der Waals surface area contributed by atoms with Crippen molar-refractivity contribution < 1.29 is 14.0 Å². The van der Waals surface area contributed by atoms with Gasteiger partial charge < -0.3 is 14.2 Å². The van der Waals surface area contributed by atoms with Gasteiger partial charge in [-0.1, -0.05) is 30.3 Å². The molecule has 5 nitrogen and oxygen atoms in total. The largest absolute Gasteiger partial charge is 0.459 e. The summed E-state index contributed by atoms with van der Waals surface area (Å²) in [6, 6.07) is 13.7. The standard InChI is InChI=1S/C21H24N2O3/c24-19(18-8-4-15-26-18)23-14-11-21(16-23)10-5-12-22(20(21)25)13-9-17-6-2-1-3-7-17/h1-4,6-8,15H,5,9-14,16H2. The Hall–Kier alpha value is -2.56. The van der Waals surface area contributed by atoms with E-state index in [0.29, 0.717) is 18.8 Å². The number of furan rings is 1. The Morgan fingerprint density at radius 3 is 2.69 bits per heavy atom. The molecule has 0 aliphatic carbocycles. The fourth-order valence-corrected chi connectivity index (χ4v) is 4.25. The van der Waals surface area contributed by atoms with Gasteiger partial charge >= 0.3 is 0 Å². The van der Waals surface area contributed by atoms with E-state index in [1.165, 1.54) is 11.8 Å². The van der Waals surface area contributed by atoms with Gasteiger partial charge in [-0.3, -0.25) is 9.59 Å². The Morgan fingerprint density at radius 2 is 1.92 bits per heavy atom. The van der Waals surface area contributed by atoms with Crippen molar-refractivity contribution in [1.29, 1.82) is 0 Å². The SMILES string of the molecule is O=C(c1ccco1)N1CCC2(CCCN(CCc3ccccc3)C2=O)C1. The van der Waals surface area contributed by atoms with Crippen LogP contribution in [0.4, 0.5) is 0 Å². The molecule has 1 aromatic carbocycles. The van der Waals surface area contributed by atoms with Crippen molar-refractivity contribution in [2.24, 2.45) is 5.41 Å². The number of nitrogens with zero attached hydrogens (tertiary/aromatic N) is 2. The Labute approximate surface area is 153 Å². The van der Waals surface area contributed by atoms with Gasteiger partial charge in [-0.25, -0.2) is 0 Å². The highest BCUT2D eigenvalue weighted by Gasteiger charge is 2.49. The molecular formula is C21H24N2O3. The number of benzene rings is 1. The third-order valence-corrected chi connectivity index (χ3v) is 5.71. The minimum atomic E-state index is -0.406. The van der Waals surface area contributed by atoms with Crippen LogP contribution in [0.1, 0.15) is 35.4 Å². The second-order valence-corrected chi connectivity index (χ2v) is 7.37. The molecule has 3 heterocycles. The lowest BCUT2D eigenvalue weighted by molar-refractivity contribution is -0.145. The van der Waals surface area contributed by atoms with Crippen LogP contribution in [-0.2, 0) is 11.2 Å². The number of carbonyl (C=O) groups excluding carboxylic acids is 2. The molecule has 1 unspecified atom stereocenters. The molecule has 2 aliphatic rings. The van der Waals surface area contributed by atoms with E-state index in [1.807, 2.05) is 23.1 Å². The number of hydrogen-bond acceptors (Lipinski definition) is 3. The first-order valence-corrected chi connectivity index (χ1v) is 9.34. The molecule has 1 aromatic heterocycles. The summed E-state index contributed by atoms with van der Waals surface area (Å²) in [5, 5.41) is 0. The Morgan fingerprint density at radius 1 is 1.08 bits per heavy atom. The Balaban J connectivity index is 1.42. The maximum absolute atomic E-state index is 13.2. The smallest absolute Gasteiger partial charge is 0.289 e. The molecular weight excluding hydrogens is 328 g/mol.